The highest BCUT2D eigenvalue weighted by atomic mass is 31.2. The Morgan fingerprint density at radius 3 is 1.56 bits per heavy atom. The zero-order valence-corrected chi connectivity index (χ0v) is 31.8. The van der Waals surface area contributed by atoms with Gasteiger partial charge in [-0.15, -0.1) is 0 Å². The van der Waals surface area contributed by atoms with E-state index >= 15 is 0 Å². The Hall–Kier alpha value is -1.25. The number of amides is 1. The number of phosphoric acid groups is 1. The van der Waals surface area contributed by atoms with Crippen LogP contribution in [0.3, 0.4) is 0 Å². The Morgan fingerprint density at radius 2 is 1.06 bits per heavy atom. The minimum Gasteiger partial charge on any atom is -0.463 e. The lowest BCUT2D eigenvalue weighted by Crippen LogP contribution is -2.27. The number of aliphatic hydroxyl groups excluding tert-OH is 1. The van der Waals surface area contributed by atoms with Gasteiger partial charge < -0.3 is 20.1 Å². The smallest absolute Gasteiger partial charge is 0.463 e. The molecule has 2 atom stereocenters. The molecule has 0 rings (SSSR count). The molecule has 9 nitrogen and oxygen atoms in total. The fourth-order valence-electron chi connectivity index (χ4n) is 5.43. The molecule has 0 saturated heterocycles. The van der Waals surface area contributed by atoms with E-state index < -0.39 is 26.5 Å². The third-order valence-corrected chi connectivity index (χ3v) is 9.43. The average Bonchev–Trinajstić information content (AvgIpc) is 3.07. The van der Waals surface area contributed by atoms with E-state index in [0.717, 1.165) is 38.5 Å². The fourth-order valence-corrected chi connectivity index (χ4v) is 6.19. The van der Waals surface area contributed by atoms with Gasteiger partial charge in [0.25, 0.3) is 0 Å². The first kappa shape index (κ1) is 46.8. The summed E-state index contributed by atoms with van der Waals surface area (Å²) in [6.45, 7) is 3.53. The second-order valence-electron chi connectivity index (χ2n) is 13.3. The topological polar surface area (TPSA) is 131 Å². The van der Waals surface area contributed by atoms with Gasteiger partial charge in [0, 0.05) is 19.4 Å². The molecule has 284 valence electrons. The normalized spacial score (nSPS) is 13.5. The molecular weight excluding hydrogens is 629 g/mol. The van der Waals surface area contributed by atoms with Crippen LogP contribution in [0.4, 0.5) is 0 Å². The second kappa shape index (κ2) is 35.6. The Bertz CT molecular complexity index is 810. The van der Waals surface area contributed by atoms with E-state index in [9.17, 15) is 24.2 Å². The molecule has 0 aromatic heterocycles. The summed E-state index contributed by atoms with van der Waals surface area (Å²) in [6.07, 6.45) is 34.3. The number of esters is 1. The summed E-state index contributed by atoms with van der Waals surface area (Å²) in [6, 6.07) is 0. The maximum atomic E-state index is 12.0. The molecule has 0 aromatic carbocycles. The van der Waals surface area contributed by atoms with Crippen molar-refractivity contribution in [2.45, 2.75) is 193 Å². The molecule has 0 aromatic rings. The number of ether oxygens (including phenoxy) is 1. The van der Waals surface area contributed by atoms with E-state index in [1.807, 2.05) is 0 Å². The van der Waals surface area contributed by atoms with Crippen molar-refractivity contribution in [3.8, 4) is 0 Å². The van der Waals surface area contributed by atoms with Crippen LogP contribution in [0.5, 0.6) is 0 Å². The van der Waals surface area contributed by atoms with Crippen molar-refractivity contribution < 1.29 is 37.9 Å². The molecule has 0 aliphatic carbocycles. The maximum absolute atomic E-state index is 12.0. The van der Waals surface area contributed by atoms with Crippen molar-refractivity contribution in [2.24, 2.45) is 0 Å². The Labute approximate surface area is 294 Å². The van der Waals surface area contributed by atoms with E-state index in [0.29, 0.717) is 6.42 Å². The Morgan fingerprint density at radius 1 is 0.625 bits per heavy atom. The lowest BCUT2D eigenvalue weighted by atomic mass is 10.1. The highest BCUT2D eigenvalue weighted by Crippen LogP contribution is 2.42. The van der Waals surface area contributed by atoms with E-state index in [1.165, 1.54) is 122 Å². The molecule has 3 N–H and O–H groups in total. The molecule has 0 heterocycles. The van der Waals surface area contributed by atoms with E-state index in [-0.39, 0.29) is 32.1 Å². The quantitative estimate of drug-likeness (QED) is 0.0252. The molecule has 0 saturated carbocycles. The summed E-state index contributed by atoms with van der Waals surface area (Å²) < 4.78 is 26.7. The van der Waals surface area contributed by atoms with Gasteiger partial charge in [0.2, 0.25) is 5.91 Å². The Kier molecular flexibility index (Phi) is 34.6. The van der Waals surface area contributed by atoms with Crippen LogP contribution in [0.25, 0.3) is 0 Å². The van der Waals surface area contributed by atoms with Gasteiger partial charge in [-0.25, -0.2) is 4.57 Å². The standard InChI is InChI=1S/C38H74NO8P/c1-3-5-7-9-11-13-15-16-17-18-19-20-21-22-24-26-28-30-37(41)39-32-33-46-48(43,44)47-35-36(40)34-45-38(42)31-29-27-25-23-14-12-10-8-6-4-2/h16-17,36,40H,3-15,18-35H2,1-2H3,(H,39,41)(H,43,44)/b17-16-. The van der Waals surface area contributed by atoms with Gasteiger partial charge in [-0.3, -0.25) is 18.6 Å². The number of unbranched alkanes of at least 4 members (excludes halogenated alkanes) is 22. The highest BCUT2D eigenvalue weighted by molar-refractivity contribution is 7.47. The number of nitrogens with one attached hydrogen (secondary N) is 1. The third-order valence-electron chi connectivity index (χ3n) is 8.45. The van der Waals surface area contributed by atoms with E-state index in [1.54, 1.807) is 0 Å². The summed E-state index contributed by atoms with van der Waals surface area (Å²) in [5, 5.41) is 12.6. The minimum absolute atomic E-state index is 0.0826. The molecule has 0 radical (unpaired) electrons. The van der Waals surface area contributed by atoms with Crippen molar-refractivity contribution in [3.05, 3.63) is 12.2 Å². The molecular formula is C38H74NO8P. The van der Waals surface area contributed by atoms with Gasteiger partial charge >= 0.3 is 13.8 Å². The molecule has 0 spiro atoms. The van der Waals surface area contributed by atoms with E-state index in [2.05, 4.69) is 31.3 Å². The summed E-state index contributed by atoms with van der Waals surface area (Å²) in [5.74, 6) is -0.518. The first-order valence-electron chi connectivity index (χ1n) is 19.7. The molecule has 1 amide bonds. The van der Waals surface area contributed by atoms with Crippen molar-refractivity contribution in [1.82, 2.24) is 5.32 Å². The lowest BCUT2D eigenvalue weighted by Gasteiger charge is -2.15. The largest absolute Gasteiger partial charge is 0.472 e. The second-order valence-corrected chi connectivity index (χ2v) is 14.7. The first-order chi connectivity index (χ1) is 23.3. The van der Waals surface area contributed by atoms with Crippen LogP contribution in [0, 0.1) is 0 Å². The maximum Gasteiger partial charge on any atom is 0.472 e. The number of hydrogen-bond acceptors (Lipinski definition) is 7. The van der Waals surface area contributed by atoms with Crippen molar-refractivity contribution in [3.63, 3.8) is 0 Å². The van der Waals surface area contributed by atoms with E-state index in [4.69, 9.17) is 13.8 Å². The summed E-state index contributed by atoms with van der Waals surface area (Å²) in [4.78, 5) is 33.7. The van der Waals surface area contributed by atoms with Crippen LogP contribution in [0.15, 0.2) is 12.2 Å². The zero-order valence-electron chi connectivity index (χ0n) is 30.9. The zero-order chi connectivity index (χ0) is 35.4. The molecule has 0 fully saturated rings. The van der Waals surface area contributed by atoms with Crippen LogP contribution in [-0.2, 0) is 27.9 Å². The molecule has 10 heteroatoms. The van der Waals surface area contributed by atoms with Gasteiger partial charge in [-0.1, -0.05) is 148 Å². The number of carbonyl (C=O) groups is 2. The molecule has 0 bridgehead atoms. The summed E-state index contributed by atoms with van der Waals surface area (Å²) >= 11 is 0. The van der Waals surface area contributed by atoms with Gasteiger partial charge in [-0.05, 0) is 38.5 Å². The summed E-state index contributed by atoms with van der Waals surface area (Å²) in [7, 11) is -4.40. The Balaban J connectivity index is 3.59. The SMILES string of the molecule is CCCCCCCC/C=C\CCCCCCCCCC(=O)NCCOP(=O)(O)OCC(O)COC(=O)CCCCCCCCCCCC. The van der Waals surface area contributed by atoms with Gasteiger partial charge in [-0.2, -0.15) is 0 Å². The van der Waals surface area contributed by atoms with Crippen molar-refractivity contribution in [2.75, 3.05) is 26.4 Å². The predicted molar refractivity (Wildman–Crippen MR) is 197 cm³/mol. The number of rotatable bonds is 37. The monoisotopic (exact) mass is 704 g/mol. The first-order valence-corrected chi connectivity index (χ1v) is 21.2. The van der Waals surface area contributed by atoms with Crippen LogP contribution in [-0.4, -0.2) is 54.3 Å². The third kappa shape index (κ3) is 36.0. The van der Waals surface area contributed by atoms with Crippen LogP contribution in [0.1, 0.15) is 187 Å². The number of phosphoric ester groups is 1. The van der Waals surface area contributed by atoms with Crippen molar-refractivity contribution >= 4 is 19.7 Å². The van der Waals surface area contributed by atoms with Crippen LogP contribution in [0.2, 0.25) is 0 Å². The van der Waals surface area contributed by atoms with Gasteiger partial charge in [0.05, 0.1) is 13.2 Å². The fraction of sp³-hybridized carbons (Fsp3) is 0.895. The number of allylic oxidation sites excluding steroid dienone is 2. The lowest BCUT2D eigenvalue weighted by molar-refractivity contribution is -0.147. The van der Waals surface area contributed by atoms with Crippen molar-refractivity contribution in [1.29, 1.82) is 0 Å². The molecule has 0 aliphatic heterocycles. The summed E-state index contributed by atoms with van der Waals surface area (Å²) in [5.41, 5.74) is 0. The number of aliphatic hydroxyl groups is 1. The van der Waals surface area contributed by atoms with Crippen LogP contribution >= 0.6 is 7.82 Å². The highest BCUT2D eigenvalue weighted by Gasteiger charge is 2.23. The number of hydrogen-bond donors (Lipinski definition) is 3. The van der Waals surface area contributed by atoms with Gasteiger partial charge in [0.15, 0.2) is 0 Å². The molecule has 2 unspecified atom stereocenters. The van der Waals surface area contributed by atoms with Gasteiger partial charge in [0.1, 0.15) is 12.7 Å². The average molecular weight is 704 g/mol. The number of carbonyl (C=O) groups excluding carboxylic acids is 2. The molecule has 0 aliphatic rings. The minimum atomic E-state index is -4.40. The molecule has 48 heavy (non-hydrogen) atoms. The predicted octanol–water partition coefficient (Wildman–Crippen LogP) is 10.3. The van der Waals surface area contributed by atoms with Crippen LogP contribution < -0.4 is 5.32 Å².